The third kappa shape index (κ3) is 3.37. The minimum atomic E-state index is -0.979. The van der Waals surface area contributed by atoms with Crippen LogP contribution in [0.2, 0.25) is 5.02 Å². The molecule has 23 heavy (non-hydrogen) atoms. The third-order valence-corrected chi connectivity index (χ3v) is 5.66. The van der Waals surface area contributed by atoms with Crippen molar-refractivity contribution in [1.82, 2.24) is 9.55 Å². The molecule has 1 heterocycles. The minimum Gasteiger partial charge on any atom is -0.300 e. The van der Waals surface area contributed by atoms with E-state index in [1.807, 2.05) is 59.5 Å². The summed E-state index contributed by atoms with van der Waals surface area (Å²) in [5.41, 5.74) is 1.93. The van der Waals surface area contributed by atoms with Crippen LogP contribution in [-0.2, 0) is 10.8 Å². The summed E-state index contributed by atoms with van der Waals surface area (Å²) >= 11 is 7.93. The normalized spacial score (nSPS) is 12.3. The average Bonchev–Trinajstić information content (AvgIpc) is 3.04. The molecular weight excluding hydrogens is 348 g/mol. The summed E-state index contributed by atoms with van der Waals surface area (Å²) in [5, 5.41) is 0.728. The summed E-state index contributed by atoms with van der Waals surface area (Å²) in [7, 11) is -0.979. The van der Waals surface area contributed by atoms with Gasteiger partial charge in [-0.15, -0.1) is 11.8 Å². The maximum atomic E-state index is 11.5. The highest BCUT2D eigenvalue weighted by molar-refractivity contribution is 7.98. The van der Waals surface area contributed by atoms with Crippen LogP contribution >= 0.6 is 23.4 Å². The number of imidazole rings is 1. The fourth-order valence-electron chi connectivity index (χ4n) is 2.33. The van der Waals surface area contributed by atoms with E-state index in [2.05, 4.69) is 4.98 Å². The molecule has 0 radical (unpaired) electrons. The molecule has 3 nitrogen and oxygen atoms in total. The Morgan fingerprint density at radius 2 is 1.91 bits per heavy atom. The van der Waals surface area contributed by atoms with Crippen molar-refractivity contribution in [3.8, 4) is 17.1 Å². The van der Waals surface area contributed by atoms with Crippen molar-refractivity contribution in [2.75, 3.05) is 12.5 Å². The lowest BCUT2D eigenvalue weighted by Crippen LogP contribution is -1.97. The van der Waals surface area contributed by atoms with E-state index in [0.29, 0.717) is 0 Å². The Kier molecular flexibility index (Phi) is 4.90. The second-order valence-electron chi connectivity index (χ2n) is 4.92. The van der Waals surface area contributed by atoms with E-state index in [9.17, 15) is 4.21 Å². The number of hydrogen-bond acceptors (Lipinski definition) is 3. The molecule has 0 fully saturated rings. The van der Waals surface area contributed by atoms with Crippen molar-refractivity contribution < 1.29 is 4.21 Å². The highest BCUT2D eigenvalue weighted by Crippen LogP contribution is 2.29. The van der Waals surface area contributed by atoms with Gasteiger partial charge in [0.1, 0.15) is 5.82 Å². The summed E-state index contributed by atoms with van der Waals surface area (Å²) in [6.07, 6.45) is 7.34. The molecule has 1 unspecified atom stereocenters. The van der Waals surface area contributed by atoms with Gasteiger partial charge in [0, 0.05) is 50.5 Å². The molecule has 0 aliphatic carbocycles. The van der Waals surface area contributed by atoms with Crippen LogP contribution in [0.5, 0.6) is 0 Å². The lowest BCUT2D eigenvalue weighted by molar-refractivity contribution is 0.687. The Morgan fingerprint density at radius 1 is 1.17 bits per heavy atom. The van der Waals surface area contributed by atoms with Crippen LogP contribution in [0, 0.1) is 0 Å². The summed E-state index contributed by atoms with van der Waals surface area (Å²) in [5.74, 6) is 0.825. The van der Waals surface area contributed by atoms with Gasteiger partial charge < -0.3 is 0 Å². The number of rotatable bonds is 4. The van der Waals surface area contributed by atoms with Crippen molar-refractivity contribution in [2.45, 2.75) is 9.79 Å². The quantitative estimate of drug-likeness (QED) is 0.633. The molecule has 3 rings (SSSR count). The van der Waals surface area contributed by atoms with Gasteiger partial charge in [0.15, 0.2) is 0 Å². The zero-order valence-electron chi connectivity index (χ0n) is 12.7. The van der Waals surface area contributed by atoms with Gasteiger partial charge in [-0.1, -0.05) is 23.7 Å². The van der Waals surface area contributed by atoms with Crippen LogP contribution in [0.4, 0.5) is 0 Å². The van der Waals surface area contributed by atoms with E-state index in [0.717, 1.165) is 31.9 Å². The standard InChI is InChI=1S/C17H15ClN2OS2/c1-22-16-8-5-13(11-15(16)18)20-10-9-19-17(20)12-3-6-14(7-4-12)23(2)21/h3-11H,1-2H3. The maximum absolute atomic E-state index is 11.5. The Morgan fingerprint density at radius 3 is 2.52 bits per heavy atom. The second kappa shape index (κ2) is 6.91. The summed E-state index contributed by atoms with van der Waals surface area (Å²) in [4.78, 5) is 6.30. The molecule has 0 saturated carbocycles. The Labute approximate surface area is 147 Å². The molecule has 118 valence electrons. The van der Waals surface area contributed by atoms with E-state index in [-0.39, 0.29) is 0 Å². The molecule has 0 saturated heterocycles. The van der Waals surface area contributed by atoms with Gasteiger partial charge in [0.25, 0.3) is 0 Å². The van der Waals surface area contributed by atoms with Crippen molar-refractivity contribution in [1.29, 1.82) is 0 Å². The predicted molar refractivity (Wildman–Crippen MR) is 98.1 cm³/mol. The Balaban J connectivity index is 2.02. The molecule has 6 heteroatoms. The van der Waals surface area contributed by atoms with Crippen molar-refractivity contribution in [3.63, 3.8) is 0 Å². The summed E-state index contributed by atoms with van der Waals surface area (Å²) in [6, 6.07) is 13.6. The van der Waals surface area contributed by atoms with Gasteiger partial charge in [-0.3, -0.25) is 8.78 Å². The van der Waals surface area contributed by atoms with Crippen LogP contribution in [0.25, 0.3) is 17.1 Å². The molecule has 3 aromatic rings. The number of halogens is 1. The van der Waals surface area contributed by atoms with E-state index in [4.69, 9.17) is 11.6 Å². The first-order valence-corrected chi connectivity index (χ1v) is 10.1. The molecule has 0 spiro atoms. The topological polar surface area (TPSA) is 34.9 Å². The van der Waals surface area contributed by atoms with Crippen molar-refractivity contribution in [3.05, 3.63) is 59.9 Å². The van der Waals surface area contributed by atoms with Gasteiger partial charge in [0.2, 0.25) is 0 Å². The molecule has 0 N–H and O–H groups in total. The predicted octanol–water partition coefficient (Wildman–Crippen LogP) is 4.65. The van der Waals surface area contributed by atoms with E-state index in [1.54, 1.807) is 24.2 Å². The van der Waals surface area contributed by atoms with Gasteiger partial charge in [-0.05, 0) is 36.6 Å². The first kappa shape index (κ1) is 16.3. The Hall–Kier alpha value is -1.56. The van der Waals surface area contributed by atoms with Gasteiger partial charge in [-0.25, -0.2) is 4.98 Å². The molecule has 0 aliphatic heterocycles. The minimum absolute atomic E-state index is 0.728. The molecule has 0 aliphatic rings. The van der Waals surface area contributed by atoms with Crippen LogP contribution in [0.3, 0.4) is 0 Å². The second-order valence-corrected chi connectivity index (χ2v) is 7.55. The van der Waals surface area contributed by atoms with E-state index in [1.165, 1.54) is 0 Å². The number of hydrogen-bond donors (Lipinski definition) is 0. The zero-order chi connectivity index (χ0) is 16.4. The summed E-state index contributed by atoms with van der Waals surface area (Å²) < 4.78 is 13.5. The number of thioether (sulfide) groups is 1. The average molecular weight is 363 g/mol. The van der Waals surface area contributed by atoms with Crippen LogP contribution in [0.1, 0.15) is 0 Å². The van der Waals surface area contributed by atoms with Crippen molar-refractivity contribution >= 4 is 34.2 Å². The number of nitrogens with zero attached hydrogens (tertiary/aromatic N) is 2. The lowest BCUT2D eigenvalue weighted by atomic mass is 10.2. The Bertz CT molecular complexity index is 859. The van der Waals surface area contributed by atoms with Crippen LogP contribution in [0.15, 0.2) is 64.6 Å². The first-order valence-electron chi connectivity index (χ1n) is 6.91. The van der Waals surface area contributed by atoms with E-state index < -0.39 is 10.8 Å². The van der Waals surface area contributed by atoms with E-state index >= 15 is 0 Å². The molecule has 1 atom stereocenters. The monoisotopic (exact) mass is 362 g/mol. The SMILES string of the molecule is CSc1ccc(-n2ccnc2-c2ccc(S(C)=O)cc2)cc1Cl. The number of benzene rings is 2. The fraction of sp³-hybridized carbons (Fsp3) is 0.118. The van der Waals surface area contributed by atoms with Crippen molar-refractivity contribution in [2.24, 2.45) is 0 Å². The fourth-order valence-corrected chi connectivity index (χ4v) is 3.71. The molecule has 2 aromatic carbocycles. The van der Waals surface area contributed by atoms with Gasteiger partial charge in [0.05, 0.1) is 5.02 Å². The third-order valence-electron chi connectivity index (χ3n) is 3.50. The molecule has 1 aromatic heterocycles. The lowest BCUT2D eigenvalue weighted by Gasteiger charge is -2.10. The highest BCUT2D eigenvalue weighted by Gasteiger charge is 2.10. The van der Waals surface area contributed by atoms with Gasteiger partial charge >= 0.3 is 0 Å². The van der Waals surface area contributed by atoms with Crippen LogP contribution < -0.4 is 0 Å². The maximum Gasteiger partial charge on any atom is 0.144 e. The van der Waals surface area contributed by atoms with Gasteiger partial charge in [-0.2, -0.15) is 0 Å². The molecule has 0 amide bonds. The zero-order valence-corrected chi connectivity index (χ0v) is 15.1. The number of aromatic nitrogens is 2. The smallest absolute Gasteiger partial charge is 0.144 e. The largest absolute Gasteiger partial charge is 0.300 e. The molecular formula is C17H15ClN2OS2. The summed E-state index contributed by atoms with van der Waals surface area (Å²) in [6.45, 7) is 0. The highest BCUT2D eigenvalue weighted by atomic mass is 35.5. The molecule has 0 bridgehead atoms. The first-order chi connectivity index (χ1) is 11.1. The van der Waals surface area contributed by atoms with Crippen LogP contribution in [-0.4, -0.2) is 26.3 Å².